The Morgan fingerprint density at radius 1 is 1.03 bits per heavy atom. The van der Waals surface area contributed by atoms with Crippen molar-refractivity contribution in [1.29, 1.82) is 0 Å². The number of nitrogens with one attached hydrogen (secondary N) is 1. The van der Waals surface area contributed by atoms with Crippen molar-refractivity contribution in [2.45, 2.75) is 6.54 Å². The lowest BCUT2D eigenvalue weighted by atomic mass is 10.1. The van der Waals surface area contributed by atoms with Gasteiger partial charge in [0.05, 0.1) is 13.7 Å². The second-order valence-electron chi connectivity index (χ2n) is 8.61. The molecule has 3 heterocycles. The predicted octanol–water partition coefficient (Wildman–Crippen LogP) is 3.48. The Bertz CT molecular complexity index is 1400. The third kappa shape index (κ3) is 4.81. The Morgan fingerprint density at radius 2 is 1.80 bits per heavy atom. The highest BCUT2D eigenvalue weighted by molar-refractivity contribution is 5.76. The molecule has 0 amide bonds. The van der Waals surface area contributed by atoms with Gasteiger partial charge in [-0.2, -0.15) is 4.98 Å². The highest BCUT2D eigenvalue weighted by Crippen LogP contribution is 2.24. The number of pyridine rings is 1. The van der Waals surface area contributed by atoms with Crippen molar-refractivity contribution in [1.82, 2.24) is 19.4 Å². The average molecular weight is 475 g/mol. The van der Waals surface area contributed by atoms with E-state index in [1.165, 1.54) is 29.5 Å². The highest BCUT2D eigenvalue weighted by atomic mass is 19.1. The maximum absolute atomic E-state index is 14.6. The van der Waals surface area contributed by atoms with Crippen molar-refractivity contribution in [3.8, 4) is 5.75 Å². The second kappa shape index (κ2) is 9.71. The third-order valence-electron chi connectivity index (χ3n) is 6.33. The minimum absolute atomic E-state index is 0.0117. The van der Waals surface area contributed by atoms with E-state index in [1.54, 1.807) is 24.4 Å². The molecule has 0 aliphatic carbocycles. The van der Waals surface area contributed by atoms with Gasteiger partial charge in [0.1, 0.15) is 17.2 Å². The number of aromatic nitrogens is 3. The van der Waals surface area contributed by atoms with Gasteiger partial charge in [0.25, 0.3) is 5.56 Å². The Morgan fingerprint density at radius 3 is 2.54 bits per heavy atom. The zero-order valence-electron chi connectivity index (χ0n) is 19.7. The van der Waals surface area contributed by atoms with Crippen LogP contribution in [0.3, 0.4) is 0 Å². The van der Waals surface area contributed by atoms with Crippen LogP contribution >= 0.6 is 0 Å². The fraction of sp³-hybridized carbons (Fsp3) is 0.269. The summed E-state index contributed by atoms with van der Waals surface area (Å²) in [6, 6.07) is 15.8. The Labute approximate surface area is 202 Å². The van der Waals surface area contributed by atoms with Crippen molar-refractivity contribution in [2.24, 2.45) is 0 Å². The van der Waals surface area contributed by atoms with Gasteiger partial charge in [-0.05, 0) is 49.5 Å². The molecule has 9 heteroatoms. The van der Waals surface area contributed by atoms with Crippen molar-refractivity contribution in [2.75, 3.05) is 50.6 Å². The molecule has 0 saturated carbocycles. The van der Waals surface area contributed by atoms with E-state index >= 15 is 0 Å². The molecule has 180 valence electrons. The van der Waals surface area contributed by atoms with Gasteiger partial charge >= 0.3 is 0 Å². The molecule has 1 N–H and O–H groups in total. The van der Waals surface area contributed by atoms with E-state index in [0.29, 0.717) is 22.7 Å². The first-order valence-electron chi connectivity index (χ1n) is 11.5. The van der Waals surface area contributed by atoms with Crippen LogP contribution in [-0.2, 0) is 6.54 Å². The summed E-state index contributed by atoms with van der Waals surface area (Å²) in [5.41, 5.74) is 2.43. The molecule has 1 fully saturated rings. The van der Waals surface area contributed by atoms with E-state index in [-0.39, 0.29) is 17.7 Å². The summed E-state index contributed by atoms with van der Waals surface area (Å²) in [5.74, 6) is 0.285. The molecule has 35 heavy (non-hydrogen) atoms. The number of fused-ring (bicyclic) bond motifs is 1. The number of piperazine rings is 1. The number of halogens is 1. The molecule has 8 nitrogen and oxygen atoms in total. The van der Waals surface area contributed by atoms with Gasteiger partial charge in [0, 0.05) is 60.8 Å². The molecule has 1 aliphatic heterocycles. The number of ether oxygens (including phenoxy) is 1. The Balaban J connectivity index is 1.42. The molecule has 2 aromatic carbocycles. The fourth-order valence-electron chi connectivity index (χ4n) is 4.28. The van der Waals surface area contributed by atoms with Crippen molar-refractivity contribution < 1.29 is 9.13 Å². The van der Waals surface area contributed by atoms with Crippen LogP contribution in [0.25, 0.3) is 11.0 Å². The Kier molecular flexibility index (Phi) is 6.33. The van der Waals surface area contributed by atoms with Gasteiger partial charge in [-0.25, -0.2) is 9.37 Å². The summed E-state index contributed by atoms with van der Waals surface area (Å²) in [5, 5.41) is 3.89. The molecule has 0 atom stereocenters. The van der Waals surface area contributed by atoms with Crippen LogP contribution in [0.2, 0.25) is 0 Å². The fourth-order valence-corrected chi connectivity index (χ4v) is 4.28. The summed E-state index contributed by atoms with van der Waals surface area (Å²) in [7, 11) is 3.61. The number of hydrogen-bond acceptors (Lipinski definition) is 7. The normalized spacial score (nSPS) is 14.3. The third-order valence-corrected chi connectivity index (χ3v) is 6.33. The summed E-state index contributed by atoms with van der Waals surface area (Å²) in [4.78, 5) is 26.4. The van der Waals surface area contributed by atoms with E-state index in [9.17, 15) is 9.18 Å². The van der Waals surface area contributed by atoms with Crippen molar-refractivity contribution >= 4 is 28.4 Å². The minimum atomic E-state index is -0.443. The monoisotopic (exact) mass is 474 g/mol. The maximum Gasteiger partial charge on any atom is 0.252 e. The number of rotatable bonds is 6. The molecular formula is C26H27FN6O2. The molecule has 0 radical (unpaired) electrons. The van der Waals surface area contributed by atoms with E-state index in [2.05, 4.69) is 44.3 Å². The van der Waals surface area contributed by atoms with Crippen LogP contribution in [0.1, 0.15) is 5.56 Å². The number of nitrogens with zero attached hydrogens (tertiary/aromatic N) is 5. The zero-order chi connectivity index (χ0) is 24.4. The van der Waals surface area contributed by atoms with Gasteiger partial charge in [0.15, 0.2) is 0 Å². The molecule has 0 unspecified atom stereocenters. The number of methoxy groups -OCH3 is 1. The SMILES string of the molecule is COc1cccc(F)c1Cn1c(=O)ccc2cnc(Nc3ccc(N4CCN(C)CC4)cc3)nc21. The van der Waals surface area contributed by atoms with Crippen LogP contribution in [0.5, 0.6) is 5.75 Å². The van der Waals surface area contributed by atoms with Crippen LogP contribution in [0.15, 0.2) is 65.6 Å². The van der Waals surface area contributed by atoms with Gasteiger partial charge in [0.2, 0.25) is 5.95 Å². The first kappa shape index (κ1) is 22.8. The number of likely N-dealkylation sites (N-methyl/N-ethyl adjacent to an activating group) is 1. The summed E-state index contributed by atoms with van der Waals surface area (Å²) >= 11 is 0. The molecule has 1 saturated heterocycles. The smallest absolute Gasteiger partial charge is 0.252 e. The Hall–Kier alpha value is -3.98. The molecular weight excluding hydrogens is 447 g/mol. The first-order valence-corrected chi connectivity index (χ1v) is 11.5. The molecule has 0 bridgehead atoms. The molecule has 5 rings (SSSR count). The van der Waals surface area contributed by atoms with Gasteiger partial charge in [-0.3, -0.25) is 9.36 Å². The topological polar surface area (TPSA) is 75.5 Å². The van der Waals surface area contributed by atoms with Crippen LogP contribution in [0, 0.1) is 5.82 Å². The standard InChI is InChI=1S/C26H27FN6O2/c1-31-12-14-32(15-13-31)20-9-7-19(8-10-20)29-26-28-16-18-6-11-24(34)33(25(18)30-26)17-21-22(27)4-3-5-23(21)35-2/h3-11,16H,12-15,17H2,1-2H3,(H,28,29,30). The average Bonchev–Trinajstić information content (AvgIpc) is 2.87. The number of benzene rings is 2. The lowest BCUT2D eigenvalue weighted by Crippen LogP contribution is -2.44. The molecule has 1 aliphatic rings. The van der Waals surface area contributed by atoms with Crippen molar-refractivity contribution in [3.05, 3.63) is 82.5 Å². The van der Waals surface area contributed by atoms with Gasteiger partial charge < -0.3 is 19.9 Å². The molecule has 2 aromatic heterocycles. The lowest BCUT2D eigenvalue weighted by Gasteiger charge is -2.34. The zero-order valence-corrected chi connectivity index (χ0v) is 19.7. The second-order valence-corrected chi connectivity index (χ2v) is 8.61. The maximum atomic E-state index is 14.6. The summed E-state index contributed by atoms with van der Waals surface area (Å²) < 4.78 is 21.3. The van der Waals surface area contributed by atoms with Crippen molar-refractivity contribution in [3.63, 3.8) is 0 Å². The van der Waals surface area contributed by atoms with Crippen LogP contribution in [0.4, 0.5) is 21.7 Å². The largest absolute Gasteiger partial charge is 0.496 e. The van der Waals surface area contributed by atoms with E-state index in [1.807, 2.05) is 12.1 Å². The number of hydrogen-bond donors (Lipinski definition) is 1. The van der Waals surface area contributed by atoms with Crippen LogP contribution in [-0.4, -0.2) is 59.8 Å². The number of anilines is 3. The summed E-state index contributed by atoms with van der Waals surface area (Å²) in [6.45, 7) is 4.09. The lowest BCUT2D eigenvalue weighted by molar-refractivity contribution is 0.313. The highest BCUT2D eigenvalue weighted by Gasteiger charge is 2.15. The molecule has 4 aromatic rings. The minimum Gasteiger partial charge on any atom is -0.496 e. The quantitative estimate of drug-likeness (QED) is 0.459. The van der Waals surface area contributed by atoms with E-state index < -0.39 is 5.82 Å². The molecule has 0 spiro atoms. The van der Waals surface area contributed by atoms with Gasteiger partial charge in [-0.15, -0.1) is 0 Å². The van der Waals surface area contributed by atoms with Gasteiger partial charge in [-0.1, -0.05) is 6.07 Å². The van der Waals surface area contributed by atoms with E-state index in [0.717, 1.165) is 31.9 Å². The predicted molar refractivity (Wildman–Crippen MR) is 135 cm³/mol. The van der Waals surface area contributed by atoms with E-state index in [4.69, 9.17) is 4.74 Å². The van der Waals surface area contributed by atoms with Crippen LogP contribution < -0.4 is 20.5 Å². The summed E-state index contributed by atoms with van der Waals surface area (Å²) in [6.07, 6.45) is 1.65. The first-order chi connectivity index (χ1) is 17.0.